The molecule has 1 aromatic carbocycles. The molecule has 24 heavy (non-hydrogen) atoms. The van der Waals surface area contributed by atoms with Gasteiger partial charge < -0.3 is 14.8 Å². The van der Waals surface area contributed by atoms with Gasteiger partial charge in [-0.15, -0.1) is 0 Å². The molecule has 5 nitrogen and oxygen atoms in total. The lowest BCUT2D eigenvalue weighted by atomic mass is 10.2. The number of anilines is 2. The second-order valence-electron chi connectivity index (χ2n) is 4.62. The molecule has 126 valence electrons. The molecule has 0 aliphatic rings. The Morgan fingerprint density at radius 1 is 1.25 bits per heavy atom. The van der Waals surface area contributed by atoms with Crippen molar-refractivity contribution in [2.24, 2.45) is 0 Å². The SMILES string of the molecule is C/C=C(OC)\C(=C/c1cncnc1Nc1cccc(Cl)c1F)OC. The van der Waals surface area contributed by atoms with E-state index in [0.717, 1.165) is 0 Å². The van der Waals surface area contributed by atoms with Crippen LogP contribution in [0.15, 0.2) is 48.3 Å². The van der Waals surface area contributed by atoms with E-state index in [9.17, 15) is 4.39 Å². The summed E-state index contributed by atoms with van der Waals surface area (Å²) in [4.78, 5) is 8.14. The highest BCUT2D eigenvalue weighted by Gasteiger charge is 2.11. The predicted octanol–water partition coefficient (Wildman–Crippen LogP) is 4.55. The maximum atomic E-state index is 14.1. The Kier molecular flexibility index (Phi) is 6.14. The van der Waals surface area contributed by atoms with Crippen molar-refractivity contribution in [3.8, 4) is 0 Å². The van der Waals surface area contributed by atoms with E-state index in [-0.39, 0.29) is 10.7 Å². The lowest BCUT2D eigenvalue weighted by Crippen LogP contribution is -2.01. The van der Waals surface area contributed by atoms with Crippen LogP contribution in [0.2, 0.25) is 5.02 Å². The second-order valence-corrected chi connectivity index (χ2v) is 5.03. The van der Waals surface area contributed by atoms with E-state index in [1.165, 1.54) is 19.5 Å². The first-order valence-corrected chi connectivity index (χ1v) is 7.45. The molecule has 0 atom stereocenters. The van der Waals surface area contributed by atoms with Gasteiger partial charge in [0.25, 0.3) is 0 Å². The van der Waals surface area contributed by atoms with E-state index >= 15 is 0 Å². The molecular formula is C17H17ClFN3O2. The molecule has 1 heterocycles. The number of halogens is 2. The summed E-state index contributed by atoms with van der Waals surface area (Å²) in [6, 6.07) is 4.69. The van der Waals surface area contributed by atoms with E-state index in [0.29, 0.717) is 22.9 Å². The van der Waals surface area contributed by atoms with Gasteiger partial charge in [0.2, 0.25) is 0 Å². The van der Waals surface area contributed by atoms with Gasteiger partial charge >= 0.3 is 0 Å². The first kappa shape index (κ1) is 17.7. The molecule has 0 aliphatic heterocycles. The number of hydrogen-bond acceptors (Lipinski definition) is 5. The Morgan fingerprint density at radius 3 is 2.67 bits per heavy atom. The quantitative estimate of drug-likeness (QED) is 0.612. The molecular weight excluding hydrogens is 333 g/mol. The number of methoxy groups -OCH3 is 2. The van der Waals surface area contributed by atoms with Gasteiger partial charge in [-0.1, -0.05) is 17.7 Å². The van der Waals surface area contributed by atoms with Crippen molar-refractivity contribution in [2.75, 3.05) is 19.5 Å². The normalized spacial score (nSPS) is 12.0. The van der Waals surface area contributed by atoms with Gasteiger partial charge in [0.05, 0.1) is 24.9 Å². The summed E-state index contributed by atoms with van der Waals surface area (Å²) >= 11 is 5.80. The van der Waals surface area contributed by atoms with Crippen LogP contribution >= 0.6 is 11.6 Å². The maximum absolute atomic E-state index is 14.1. The van der Waals surface area contributed by atoms with Crippen LogP contribution in [0.4, 0.5) is 15.9 Å². The summed E-state index contributed by atoms with van der Waals surface area (Å²) in [6.07, 6.45) is 6.41. The fraction of sp³-hybridized carbons (Fsp3) is 0.176. The largest absolute Gasteiger partial charge is 0.493 e. The molecule has 1 N–H and O–H groups in total. The van der Waals surface area contributed by atoms with Crippen LogP contribution < -0.4 is 5.32 Å². The van der Waals surface area contributed by atoms with Crippen LogP contribution in [-0.2, 0) is 9.47 Å². The van der Waals surface area contributed by atoms with Crippen LogP contribution in [0.25, 0.3) is 6.08 Å². The summed E-state index contributed by atoms with van der Waals surface area (Å²) in [5.41, 5.74) is 0.818. The lowest BCUT2D eigenvalue weighted by molar-refractivity contribution is 0.222. The average molecular weight is 350 g/mol. The maximum Gasteiger partial charge on any atom is 0.165 e. The molecule has 0 spiro atoms. The molecule has 0 radical (unpaired) electrons. The zero-order valence-corrected chi connectivity index (χ0v) is 14.3. The highest BCUT2D eigenvalue weighted by Crippen LogP contribution is 2.27. The van der Waals surface area contributed by atoms with Crippen LogP contribution in [0.1, 0.15) is 12.5 Å². The molecule has 0 saturated heterocycles. The van der Waals surface area contributed by atoms with Gasteiger partial charge in [-0.05, 0) is 31.2 Å². The first-order chi connectivity index (χ1) is 11.6. The van der Waals surface area contributed by atoms with E-state index in [4.69, 9.17) is 21.1 Å². The third-order valence-corrected chi connectivity index (χ3v) is 3.47. The molecule has 0 aliphatic carbocycles. The van der Waals surface area contributed by atoms with Gasteiger partial charge in [0.15, 0.2) is 17.3 Å². The number of hydrogen-bond donors (Lipinski definition) is 1. The average Bonchev–Trinajstić information content (AvgIpc) is 2.60. The van der Waals surface area contributed by atoms with Gasteiger partial charge in [0.1, 0.15) is 12.1 Å². The molecule has 2 aromatic rings. The molecule has 0 saturated carbocycles. The summed E-state index contributed by atoms with van der Waals surface area (Å²) < 4.78 is 24.7. The molecule has 0 bridgehead atoms. The minimum absolute atomic E-state index is 0.0271. The van der Waals surface area contributed by atoms with Crippen molar-refractivity contribution >= 4 is 29.2 Å². The Labute approximate surface area is 144 Å². The minimum atomic E-state index is -0.550. The van der Waals surface area contributed by atoms with Crippen LogP contribution in [-0.4, -0.2) is 24.2 Å². The fourth-order valence-electron chi connectivity index (χ4n) is 2.01. The molecule has 2 rings (SSSR count). The van der Waals surface area contributed by atoms with Gasteiger partial charge in [0, 0.05) is 11.8 Å². The van der Waals surface area contributed by atoms with Crippen molar-refractivity contribution in [3.05, 3.63) is 64.7 Å². The third kappa shape index (κ3) is 4.02. The molecule has 0 fully saturated rings. The number of allylic oxidation sites excluding steroid dienone is 1. The Hall–Kier alpha value is -2.60. The van der Waals surface area contributed by atoms with Gasteiger partial charge in [-0.3, -0.25) is 0 Å². The second kappa shape index (κ2) is 8.31. The van der Waals surface area contributed by atoms with E-state index in [1.54, 1.807) is 37.6 Å². The van der Waals surface area contributed by atoms with Crippen LogP contribution in [0.3, 0.4) is 0 Å². The molecule has 1 aromatic heterocycles. The number of nitrogens with zero attached hydrogens (tertiary/aromatic N) is 2. The summed E-state index contributed by atoms with van der Waals surface area (Å²) in [7, 11) is 3.08. The van der Waals surface area contributed by atoms with Crippen molar-refractivity contribution in [2.45, 2.75) is 6.92 Å². The van der Waals surface area contributed by atoms with Crippen molar-refractivity contribution in [1.29, 1.82) is 0 Å². The summed E-state index contributed by atoms with van der Waals surface area (Å²) in [5.74, 6) is 0.906. The van der Waals surface area contributed by atoms with Gasteiger partial charge in [-0.2, -0.15) is 0 Å². The topological polar surface area (TPSA) is 56.3 Å². The Bertz CT molecular complexity index is 778. The molecule has 0 unspecified atom stereocenters. The Morgan fingerprint density at radius 2 is 2.00 bits per heavy atom. The highest BCUT2D eigenvalue weighted by atomic mass is 35.5. The van der Waals surface area contributed by atoms with Crippen molar-refractivity contribution in [1.82, 2.24) is 9.97 Å². The van der Waals surface area contributed by atoms with E-state index < -0.39 is 5.82 Å². The number of nitrogens with one attached hydrogen (secondary N) is 1. The van der Waals surface area contributed by atoms with E-state index in [2.05, 4.69) is 15.3 Å². The number of benzene rings is 1. The Balaban J connectivity index is 2.42. The zero-order valence-electron chi connectivity index (χ0n) is 13.5. The first-order valence-electron chi connectivity index (χ1n) is 7.08. The summed E-state index contributed by atoms with van der Waals surface area (Å²) in [5, 5.41) is 2.94. The zero-order chi connectivity index (χ0) is 17.5. The monoisotopic (exact) mass is 349 g/mol. The third-order valence-electron chi connectivity index (χ3n) is 3.18. The minimum Gasteiger partial charge on any atom is -0.493 e. The van der Waals surface area contributed by atoms with Crippen LogP contribution in [0.5, 0.6) is 0 Å². The smallest absolute Gasteiger partial charge is 0.165 e. The lowest BCUT2D eigenvalue weighted by Gasteiger charge is -2.12. The summed E-state index contributed by atoms with van der Waals surface area (Å²) in [6.45, 7) is 1.83. The number of ether oxygens (including phenoxy) is 2. The number of rotatable bonds is 6. The fourth-order valence-corrected chi connectivity index (χ4v) is 2.19. The van der Waals surface area contributed by atoms with Crippen LogP contribution in [0, 0.1) is 5.82 Å². The van der Waals surface area contributed by atoms with E-state index in [1.807, 2.05) is 6.92 Å². The van der Waals surface area contributed by atoms with Crippen molar-refractivity contribution in [3.63, 3.8) is 0 Å². The predicted molar refractivity (Wildman–Crippen MR) is 92.5 cm³/mol. The standard InChI is InChI=1S/C17H17ClFN3O2/c1-4-14(23-2)15(24-3)8-11-9-20-10-21-17(11)22-13-7-5-6-12(18)16(13)19/h4-10H,1-3H3,(H,20,21,22)/b14-4+,15-8+. The number of aromatic nitrogens is 2. The molecule has 0 amide bonds. The highest BCUT2D eigenvalue weighted by molar-refractivity contribution is 6.31. The van der Waals surface area contributed by atoms with Gasteiger partial charge in [-0.25, -0.2) is 14.4 Å². The molecule has 7 heteroatoms. The van der Waals surface area contributed by atoms with Crippen molar-refractivity contribution < 1.29 is 13.9 Å².